The summed E-state index contributed by atoms with van der Waals surface area (Å²) in [5.41, 5.74) is -0.360. The average Bonchev–Trinajstić information content (AvgIpc) is 2.85. The van der Waals surface area contributed by atoms with E-state index in [-0.39, 0.29) is 5.91 Å². The number of nitrogens with one attached hydrogen (secondary N) is 1. The zero-order valence-electron chi connectivity index (χ0n) is 13.0. The van der Waals surface area contributed by atoms with E-state index in [0.29, 0.717) is 18.2 Å². The van der Waals surface area contributed by atoms with Gasteiger partial charge in [0, 0.05) is 12.2 Å². The topological polar surface area (TPSA) is 60.3 Å². The van der Waals surface area contributed by atoms with Gasteiger partial charge in [-0.3, -0.25) is 4.79 Å². The predicted octanol–water partition coefficient (Wildman–Crippen LogP) is 2.67. The second-order valence-corrected chi connectivity index (χ2v) is 5.91. The minimum absolute atomic E-state index is 0.215. The van der Waals surface area contributed by atoms with E-state index in [4.69, 9.17) is 4.74 Å². The van der Waals surface area contributed by atoms with Crippen molar-refractivity contribution in [3.05, 3.63) is 24.0 Å². The first-order valence-electron chi connectivity index (χ1n) is 7.59. The molecule has 0 spiro atoms. The van der Waals surface area contributed by atoms with Gasteiger partial charge in [-0.05, 0) is 44.7 Å². The maximum atomic E-state index is 12.5. The van der Waals surface area contributed by atoms with Crippen LogP contribution in [0.3, 0.4) is 0 Å². The van der Waals surface area contributed by atoms with Gasteiger partial charge in [0.05, 0.1) is 7.11 Å². The molecule has 0 aromatic carbocycles. The number of hydrogen-bond donors (Lipinski definition) is 1. The van der Waals surface area contributed by atoms with Crippen molar-refractivity contribution in [2.24, 2.45) is 0 Å². The van der Waals surface area contributed by atoms with E-state index < -0.39 is 11.5 Å². The van der Waals surface area contributed by atoms with Crippen LogP contribution in [0, 0.1) is 0 Å². The molecule has 1 N–H and O–H groups in total. The van der Waals surface area contributed by atoms with Gasteiger partial charge in [0.2, 0.25) is 0 Å². The quantitative estimate of drug-likeness (QED) is 0.820. The van der Waals surface area contributed by atoms with Crippen molar-refractivity contribution >= 4 is 11.9 Å². The highest BCUT2D eigenvalue weighted by Crippen LogP contribution is 2.32. The Kier molecular flexibility index (Phi) is 4.70. The van der Waals surface area contributed by atoms with Crippen molar-refractivity contribution in [3.8, 4) is 0 Å². The zero-order chi connectivity index (χ0) is 15.5. The predicted molar refractivity (Wildman–Crippen MR) is 80.1 cm³/mol. The van der Waals surface area contributed by atoms with E-state index in [0.717, 1.165) is 19.3 Å². The van der Waals surface area contributed by atoms with Gasteiger partial charge >= 0.3 is 5.97 Å². The van der Waals surface area contributed by atoms with Crippen LogP contribution >= 0.6 is 0 Å². The Morgan fingerprint density at radius 2 is 2.19 bits per heavy atom. The summed E-state index contributed by atoms with van der Waals surface area (Å²) in [5, 5.41) is 2.86. The summed E-state index contributed by atoms with van der Waals surface area (Å²) >= 11 is 0. The molecule has 0 bridgehead atoms. The molecule has 116 valence electrons. The Morgan fingerprint density at radius 1 is 1.48 bits per heavy atom. The lowest BCUT2D eigenvalue weighted by atomic mass is 9.92. The van der Waals surface area contributed by atoms with Crippen molar-refractivity contribution in [2.45, 2.75) is 57.5 Å². The van der Waals surface area contributed by atoms with Crippen LogP contribution in [-0.4, -0.2) is 29.1 Å². The number of hydrogen-bond acceptors (Lipinski definition) is 3. The fourth-order valence-corrected chi connectivity index (χ4v) is 2.82. The number of esters is 1. The maximum Gasteiger partial charge on any atom is 0.331 e. The van der Waals surface area contributed by atoms with Gasteiger partial charge in [0.1, 0.15) is 11.2 Å². The molecule has 5 nitrogen and oxygen atoms in total. The van der Waals surface area contributed by atoms with Crippen molar-refractivity contribution in [3.63, 3.8) is 0 Å². The largest absolute Gasteiger partial charge is 0.467 e. The monoisotopic (exact) mass is 292 g/mol. The molecule has 0 saturated heterocycles. The lowest BCUT2D eigenvalue weighted by molar-refractivity contribution is -0.147. The van der Waals surface area contributed by atoms with E-state index in [2.05, 4.69) is 5.32 Å². The molecule has 1 heterocycles. The average molecular weight is 292 g/mol. The molecule has 1 fully saturated rings. The molecule has 0 aliphatic heterocycles. The number of carbonyl (C=O) groups is 2. The normalized spacial score (nSPS) is 17.7. The second kappa shape index (κ2) is 6.33. The lowest BCUT2D eigenvalue weighted by Crippen LogP contribution is -2.53. The van der Waals surface area contributed by atoms with Gasteiger partial charge in [-0.1, -0.05) is 13.3 Å². The summed E-state index contributed by atoms with van der Waals surface area (Å²) in [6.07, 6.45) is 6.70. The van der Waals surface area contributed by atoms with Crippen LogP contribution in [0.1, 0.15) is 62.5 Å². The van der Waals surface area contributed by atoms with Crippen LogP contribution < -0.4 is 5.32 Å². The molecule has 1 aromatic rings. The highest BCUT2D eigenvalue weighted by Gasteiger charge is 2.36. The minimum atomic E-state index is -0.977. The van der Waals surface area contributed by atoms with Crippen molar-refractivity contribution in [1.82, 2.24) is 9.88 Å². The molecule has 1 aromatic heterocycles. The molecule has 21 heavy (non-hydrogen) atoms. The van der Waals surface area contributed by atoms with Crippen LogP contribution in [0.2, 0.25) is 0 Å². The van der Waals surface area contributed by atoms with Crippen LogP contribution in [0.5, 0.6) is 0 Å². The van der Waals surface area contributed by atoms with E-state index in [1.165, 1.54) is 13.5 Å². The molecule has 1 atom stereocenters. The molecule has 1 aliphatic rings. The first-order chi connectivity index (χ1) is 10.0. The minimum Gasteiger partial charge on any atom is -0.467 e. The molecular weight excluding hydrogens is 268 g/mol. The van der Waals surface area contributed by atoms with E-state index in [1.54, 1.807) is 13.0 Å². The van der Waals surface area contributed by atoms with Gasteiger partial charge < -0.3 is 14.6 Å². The molecule has 1 unspecified atom stereocenters. The van der Waals surface area contributed by atoms with E-state index in [1.807, 2.05) is 23.8 Å². The summed E-state index contributed by atoms with van der Waals surface area (Å²) in [6.45, 7) is 3.70. The molecule has 1 saturated carbocycles. The molecule has 2 rings (SSSR count). The standard InChI is InChI=1S/C16H24N2O3/c1-4-10-16(2,15(20)21-3)17-14(19)13-9-6-11-18(13)12-7-5-8-12/h6,9,11-12H,4-5,7-8,10H2,1-3H3,(H,17,19). The van der Waals surface area contributed by atoms with Crippen LogP contribution in [0.25, 0.3) is 0 Å². The summed E-state index contributed by atoms with van der Waals surface area (Å²) < 4.78 is 6.85. The number of amides is 1. The van der Waals surface area contributed by atoms with Crippen LogP contribution in [-0.2, 0) is 9.53 Å². The molecule has 1 aliphatic carbocycles. The fourth-order valence-electron chi connectivity index (χ4n) is 2.82. The van der Waals surface area contributed by atoms with Gasteiger partial charge in [-0.25, -0.2) is 4.79 Å². The van der Waals surface area contributed by atoms with E-state index in [9.17, 15) is 9.59 Å². The molecular formula is C16H24N2O3. The van der Waals surface area contributed by atoms with Gasteiger partial charge in [0.25, 0.3) is 5.91 Å². The zero-order valence-corrected chi connectivity index (χ0v) is 13.0. The Bertz CT molecular complexity index is 519. The Labute approximate surface area is 125 Å². The summed E-state index contributed by atoms with van der Waals surface area (Å²) in [6, 6.07) is 4.09. The Morgan fingerprint density at radius 3 is 2.71 bits per heavy atom. The Hall–Kier alpha value is -1.78. The highest BCUT2D eigenvalue weighted by molar-refractivity contribution is 5.97. The van der Waals surface area contributed by atoms with Crippen LogP contribution in [0.4, 0.5) is 0 Å². The SMILES string of the molecule is CCCC(C)(NC(=O)c1cccn1C1CCC1)C(=O)OC. The number of rotatable bonds is 6. The maximum absolute atomic E-state index is 12.5. The van der Waals surface area contributed by atoms with Crippen LogP contribution in [0.15, 0.2) is 18.3 Å². The first kappa shape index (κ1) is 15.6. The number of nitrogens with zero attached hydrogens (tertiary/aromatic N) is 1. The third-order valence-corrected chi connectivity index (χ3v) is 4.25. The molecule has 1 amide bonds. The third kappa shape index (κ3) is 3.12. The number of ether oxygens (including phenoxy) is 1. The lowest BCUT2D eigenvalue weighted by Gasteiger charge is -2.31. The number of aromatic nitrogens is 1. The first-order valence-corrected chi connectivity index (χ1v) is 7.59. The number of methoxy groups -OCH3 is 1. The highest BCUT2D eigenvalue weighted by atomic mass is 16.5. The molecule has 5 heteroatoms. The van der Waals surface area contributed by atoms with Crippen molar-refractivity contribution in [1.29, 1.82) is 0 Å². The smallest absolute Gasteiger partial charge is 0.331 e. The third-order valence-electron chi connectivity index (χ3n) is 4.25. The number of carbonyl (C=O) groups excluding carboxylic acids is 2. The summed E-state index contributed by atoms with van der Waals surface area (Å²) in [4.78, 5) is 24.5. The second-order valence-electron chi connectivity index (χ2n) is 5.91. The van der Waals surface area contributed by atoms with Gasteiger partial charge in [0.15, 0.2) is 0 Å². The summed E-state index contributed by atoms with van der Waals surface area (Å²) in [7, 11) is 1.35. The van der Waals surface area contributed by atoms with Crippen molar-refractivity contribution < 1.29 is 14.3 Å². The van der Waals surface area contributed by atoms with Gasteiger partial charge in [-0.15, -0.1) is 0 Å². The van der Waals surface area contributed by atoms with Gasteiger partial charge in [-0.2, -0.15) is 0 Å². The van der Waals surface area contributed by atoms with Crippen molar-refractivity contribution in [2.75, 3.05) is 7.11 Å². The Balaban J connectivity index is 2.15. The fraction of sp³-hybridized carbons (Fsp3) is 0.625. The molecule has 0 radical (unpaired) electrons. The van der Waals surface area contributed by atoms with E-state index >= 15 is 0 Å². The summed E-state index contributed by atoms with van der Waals surface area (Å²) in [5.74, 6) is -0.618.